The van der Waals surface area contributed by atoms with Gasteiger partial charge in [0.05, 0.1) is 18.7 Å². The highest BCUT2D eigenvalue weighted by Crippen LogP contribution is 2.36. The topological polar surface area (TPSA) is 67.5 Å². The quantitative estimate of drug-likeness (QED) is 0.904. The van der Waals surface area contributed by atoms with Crippen molar-refractivity contribution in [3.8, 4) is 11.5 Å². The lowest BCUT2D eigenvalue weighted by molar-refractivity contribution is -0.135. The van der Waals surface area contributed by atoms with Gasteiger partial charge in [0.15, 0.2) is 11.5 Å². The first-order valence-corrected chi connectivity index (χ1v) is 8.55. The summed E-state index contributed by atoms with van der Waals surface area (Å²) in [6, 6.07) is 5.81. The van der Waals surface area contributed by atoms with Crippen LogP contribution in [0.2, 0.25) is 0 Å². The number of hydrogen-bond donors (Lipinski definition) is 1. The van der Waals surface area contributed by atoms with E-state index < -0.39 is 0 Å². The number of ether oxygens (including phenoxy) is 2. The van der Waals surface area contributed by atoms with E-state index in [1.54, 1.807) is 12.0 Å². The number of benzene rings is 1. The van der Waals surface area contributed by atoms with E-state index in [4.69, 9.17) is 9.47 Å². The zero-order valence-electron chi connectivity index (χ0n) is 15.3. The molecular formula is C19H25N3O3. The summed E-state index contributed by atoms with van der Waals surface area (Å²) in [4.78, 5) is 14.6. The molecule has 0 spiro atoms. The molecule has 1 amide bonds. The molecule has 0 fully saturated rings. The second kappa shape index (κ2) is 7.17. The smallest absolute Gasteiger partial charge is 0.229 e. The van der Waals surface area contributed by atoms with Gasteiger partial charge in [0.1, 0.15) is 6.61 Å². The molecule has 6 nitrogen and oxygen atoms in total. The summed E-state index contributed by atoms with van der Waals surface area (Å²) in [7, 11) is 3.48. The van der Waals surface area contributed by atoms with Crippen molar-refractivity contribution in [2.75, 3.05) is 27.3 Å². The van der Waals surface area contributed by atoms with Gasteiger partial charge in [-0.2, -0.15) is 5.10 Å². The van der Waals surface area contributed by atoms with E-state index in [0.29, 0.717) is 19.6 Å². The molecule has 1 aliphatic heterocycles. The van der Waals surface area contributed by atoms with Crippen LogP contribution in [0.1, 0.15) is 22.5 Å². The summed E-state index contributed by atoms with van der Waals surface area (Å²) in [5.74, 6) is 1.45. The van der Waals surface area contributed by atoms with Crippen LogP contribution in [0.15, 0.2) is 18.2 Å². The number of aromatic nitrogens is 2. The molecule has 6 heteroatoms. The van der Waals surface area contributed by atoms with E-state index in [9.17, 15) is 4.79 Å². The van der Waals surface area contributed by atoms with Crippen LogP contribution in [0, 0.1) is 19.8 Å². The first-order chi connectivity index (χ1) is 12.0. The van der Waals surface area contributed by atoms with Gasteiger partial charge in [-0.3, -0.25) is 9.89 Å². The number of carbonyl (C=O) groups is 1. The fraction of sp³-hybridized carbons (Fsp3) is 0.474. The number of fused-ring (bicyclic) bond motifs is 1. The molecule has 1 aromatic heterocycles. The van der Waals surface area contributed by atoms with Crippen molar-refractivity contribution >= 4 is 5.91 Å². The van der Waals surface area contributed by atoms with E-state index in [1.807, 2.05) is 39.1 Å². The van der Waals surface area contributed by atoms with E-state index in [0.717, 1.165) is 34.9 Å². The molecule has 1 aromatic carbocycles. The monoisotopic (exact) mass is 343 g/mol. The Morgan fingerprint density at radius 3 is 2.92 bits per heavy atom. The van der Waals surface area contributed by atoms with Gasteiger partial charge >= 0.3 is 0 Å². The molecule has 3 rings (SSSR count). The highest BCUT2D eigenvalue weighted by atomic mass is 16.5. The van der Waals surface area contributed by atoms with Gasteiger partial charge in [-0.1, -0.05) is 12.1 Å². The van der Waals surface area contributed by atoms with Gasteiger partial charge in [-0.25, -0.2) is 0 Å². The average Bonchev–Trinajstić information content (AvgIpc) is 2.95. The van der Waals surface area contributed by atoms with Crippen LogP contribution in [-0.4, -0.2) is 48.3 Å². The number of likely N-dealkylation sites (N-methyl/N-ethyl adjacent to an activating group) is 1. The fourth-order valence-electron chi connectivity index (χ4n) is 3.36. The molecule has 0 unspecified atom stereocenters. The Balaban J connectivity index is 1.63. The normalized spacial score (nSPS) is 16.1. The summed E-state index contributed by atoms with van der Waals surface area (Å²) in [6.07, 6.45) is 1.48. The maximum atomic E-state index is 12.8. The molecule has 0 radical (unpaired) electrons. The zero-order valence-corrected chi connectivity index (χ0v) is 15.3. The van der Waals surface area contributed by atoms with Gasteiger partial charge in [0.25, 0.3) is 0 Å². The number of para-hydroxylation sites is 1. The summed E-state index contributed by atoms with van der Waals surface area (Å²) in [5.41, 5.74) is 4.29. The number of amides is 1. The molecule has 2 aromatic rings. The molecule has 134 valence electrons. The summed E-state index contributed by atoms with van der Waals surface area (Å²) < 4.78 is 11.2. The summed E-state index contributed by atoms with van der Waals surface area (Å²) >= 11 is 0. The highest BCUT2D eigenvalue weighted by molar-refractivity contribution is 5.79. The SMILES string of the molecule is COc1cccc2c1OC[C@H](C(=O)N(C)CCc1c(C)n[nH]c1C)C2. The number of nitrogens with zero attached hydrogens (tertiary/aromatic N) is 2. The van der Waals surface area contributed by atoms with Crippen molar-refractivity contribution in [1.29, 1.82) is 0 Å². The molecule has 0 saturated heterocycles. The van der Waals surface area contributed by atoms with Gasteiger partial charge < -0.3 is 14.4 Å². The van der Waals surface area contributed by atoms with Crippen molar-refractivity contribution in [3.05, 3.63) is 40.7 Å². The number of aryl methyl sites for hydroxylation is 2. The molecule has 1 N–H and O–H groups in total. The maximum absolute atomic E-state index is 12.8. The van der Waals surface area contributed by atoms with Gasteiger partial charge in [0.2, 0.25) is 5.91 Å². The number of methoxy groups -OCH3 is 1. The molecule has 25 heavy (non-hydrogen) atoms. The second-order valence-corrected chi connectivity index (χ2v) is 6.58. The molecular weight excluding hydrogens is 318 g/mol. The van der Waals surface area contributed by atoms with Crippen molar-refractivity contribution in [3.63, 3.8) is 0 Å². The molecule has 0 bridgehead atoms. The average molecular weight is 343 g/mol. The lowest BCUT2D eigenvalue weighted by Gasteiger charge is -2.29. The van der Waals surface area contributed by atoms with E-state index in [-0.39, 0.29) is 11.8 Å². The van der Waals surface area contributed by atoms with Crippen molar-refractivity contribution < 1.29 is 14.3 Å². The lowest BCUT2D eigenvalue weighted by atomic mass is 9.95. The third kappa shape index (κ3) is 3.48. The van der Waals surface area contributed by atoms with Crippen LogP contribution in [-0.2, 0) is 17.6 Å². The molecule has 1 aliphatic rings. The zero-order chi connectivity index (χ0) is 18.0. The number of aromatic amines is 1. The van der Waals surface area contributed by atoms with Crippen LogP contribution in [0.5, 0.6) is 11.5 Å². The van der Waals surface area contributed by atoms with Crippen molar-refractivity contribution in [2.45, 2.75) is 26.7 Å². The third-order valence-corrected chi connectivity index (χ3v) is 4.88. The van der Waals surface area contributed by atoms with Gasteiger partial charge in [-0.15, -0.1) is 0 Å². The van der Waals surface area contributed by atoms with E-state index in [1.165, 1.54) is 5.56 Å². The number of rotatable bonds is 5. The Labute approximate surface area is 148 Å². The minimum Gasteiger partial charge on any atom is -0.493 e. The Morgan fingerprint density at radius 2 is 2.24 bits per heavy atom. The number of nitrogens with one attached hydrogen (secondary N) is 1. The predicted molar refractivity (Wildman–Crippen MR) is 95.1 cm³/mol. The van der Waals surface area contributed by atoms with Crippen LogP contribution >= 0.6 is 0 Å². The minimum atomic E-state index is -0.156. The maximum Gasteiger partial charge on any atom is 0.229 e. The largest absolute Gasteiger partial charge is 0.493 e. The van der Waals surface area contributed by atoms with Gasteiger partial charge in [-0.05, 0) is 43.9 Å². The van der Waals surface area contributed by atoms with Crippen LogP contribution in [0.3, 0.4) is 0 Å². The van der Waals surface area contributed by atoms with Crippen molar-refractivity contribution in [1.82, 2.24) is 15.1 Å². The molecule has 2 heterocycles. The minimum absolute atomic E-state index is 0.118. The highest BCUT2D eigenvalue weighted by Gasteiger charge is 2.29. The summed E-state index contributed by atoms with van der Waals surface area (Å²) in [6.45, 7) is 5.05. The Bertz CT molecular complexity index is 750. The number of hydrogen-bond acceptors (Lipinski definition) is 4. The molecule has 1 atom stereocenters. The lowest BCUT2D eigenvalue weighted by Crippen LogP contribution is -2.39. The van der Waals surface area contributed by atoms with Crippen molar-refractivity contribution in [2.24, 2.45) is 5.92 Å². The van der Waals surface area contributed by atoms with Crippen LogP contribution in [0.4, 0.5) is 0 Å². The second-order valence-electron chi connectivity index (χ2n) is 6.58. The third-order valence-electron chi connectivity index (χ3n) is 4.88. The van der Waals surface area contributed by atoms with Crippen LogP contribution in [0.25, 0.3) is 0 Å². The fourth-order valence-corrected chi connectivity index (χ4v) is 3.36. The first-order valence-electron chi connectivity index (χ1n) is 8.55. The van der Waals surface area contributed by atoms with E-state index in [2.05, 4.69) is 10.2 Å². The summed E-state index contributed by atoms with van der Waals surface area (Å²) in [5, 5.41) is 7.20. The number of H-pyrrole nitrogens is 1. The first kappa shape index (κ1) is 17.3. The van der Waals surface area contributed by atoms with E-state index >= 15 is 0 Å². The molecule has 0 aliphatic carbocycles. The van der Waals surface area contributed by atoms with Gasteiger partial charge in [0, 0.05) is 19.3 Å². The molecule has 0 saturated carbocycles. The standard InChI is InChI=1S/C19H25N3O3/c1-12-16(13(2)21-20-12)8-9-22(3)19(23)15-10-14-6-5-7-17(24-4)18(14)25-11-15/h5-7,15H,8-11H2,1-4H3,(H,20,21)/t15-/m1/s1. The Kier molecular flexibility index (Phi) is 4.97. The predicted octanol–water partition coefficient (Wildman–Crippen LogP) is 2.29. The Hall–Kier alpha value is -2.50. The van der Waals surface area contributed by atoms with Crippen LogP contribution < -0.4 is 9.47 Å². The Morgan fingerprint density at radius 1 is 1.44 bits per heavy atom. The number of carbonyl (C=O) groups excluding carboxylic acids is 1.